The van der Waals surface area contributed by atoms with Gasteiger partial charge in [0.05, 0.1) is 13.4 Å². The van der Waals surface area contributed by atoms with Gasteiger partial charge in [-0.15, -0.1) is 0 Å². The van der Waals surface area contributed by atoms with Crippen molar-refractivity contribution in [3.8, 4) is 5.75 Å². The summed E-state index contributed by atoms with van der Waals surface area (Å²) in [5.41, 5.74) is 6.84. The van der Waals surface area contributed by atoms with E-state index in [0.29, 0.717) is 12.1 Å². The Balaban J connectivity index is 2.11. The van der Waals surface area contributed by atoms with Gasteiger partial charge in [0.25, 0.3) is 0 Å². The van der Waals surface area contributed by atoms with Crippen LogP contribution in [0, 0.1) is 0 Å². The molecule has 0 bridgehead atoms. The lowest BCUT2D eigenvalue weighted by Crippen LogP contribution is -2.26. The van der Waals surface area contributed by atoms with Crippen LogP contribution in [0.2, 0.25) is 0 Å². The number of rotatable bonds is 6. The predicted octanol–water partition coefficient (Wildman–Crippen LogP) is 0.521. The number of sulfonamides is 1. The predicted molar refractivity (Wildman–Crippen MR) is 74.9 cm³/mol. The highest BCUT2D eigenvalue weighted by Crippen LogP contribution is 2.25. The van der Waals surface area contributed by atoms with Crippen molar-refractivity contribution in [2.45, 2.75) is 11.3 Å². The van der Waals surface area contributed by atoms with E-state index in [-0.39, 0.29) is 17.2 Å². The minimum atomic E-state index is -3.67. The number of hydrogen-bond donors (Lipinski definition) is 3. The summed E-state index contributed by atoms with van der Waals surface area (Å²) in [6.07, 6.45) is 3.71. The van der Waals surface area contributed by atoms with Crippen LogP contribution in [0.15, 0.2) is 35.6 Å². The molecule has 108 valence electrons. The lowest BCUT2D eigenvalue weighted by atomic mass is 10.3. The van der Waals surface area contributed by atoms with Crippen molar-refractivity contribution in [2.75, 3.05) is 19.4 Å². The summed E-state index contributed by atoms with van der Waals surface area (Å²) >= 11 is 0. The van der Waals surface area contributed by atoms with E-state index in [1.165, 1.54) is 19.2 Å². The number of nitrogens with zero attached hydrogens (tertiary/aromatic N) is 1. The number of nitrogens with two attached hydrogens (primary N) is 1. The fourth-order valence-electron chi connectivity index (χ4n) is 1.72. The number of aromatic nitrogens is 2. The van der Waals surface area contributed by atoms with Crippen LogP contribution in [-0.4, -0.2) is 32.0 Å². The third-order valence-corrected chi connectivity index (χ3v) is 4.20. The Labute approximate surface area is 117 Å². The number of methoxy groups -OCH3 is 1. The average molecular weight is 296 g/mol. The standard InChI is InChI=1S/C12H16N4O3S/c1-19-11-3-2-9(13)6-12(11)20(17,18)16-5-4-10-7-14-8-15-10/h2-3,6-8,16H,4-5,13H2,1H3,(H,14,15). The summed E-state index contributed by atoms with van der Waals surface area (Å²) in [6, 6.07) is 4.48. The molecule has 0 atom stereocenters. The van der Waals surface area contributed by atoms with Gasteiger partial charge in [-0.1, -0.05) is 0 Å². The largest absolute Gasteiger partial charge is 0.495 e. The summed E-state index contributed by atoms with van der Waals surface area (Å²) in [4.78, 5) is 6.80. The number of nitrogen functional groups attached to an aromatic ring is 1. The molecule has 0 unspecified atom stereocenters. The molecule has 2 rings (SSSR count). The highest BCUT2D eigenvalue weighted by Gasteiger charge is 2.19. The second-order valence-corrected chi connectivity index (χ2v) is 5.87. The van der Waals surface area contributed by atoms with Crippen LogP contribution in [0.1, 0.15) is 5.69 Å². The smallest absolute Gasteiger partial charge is 0.244 e. The van der Waals surface area contributed by atoms with E-state index in [1.54, 1.807) is 18.6 Å². The van der Waals surface area contributed by atoms with Crippen molar-refractivity contribution >= 4 is 15.7 Å². The quantitative estimate of drug-likeness (QED) is 0.673. The second-order valence-electron chi connectivity index (χ2n) is 4.13. The highest BCUT2D eigenvalue weighted by atomic mass is 32.2. The van der Waals surface area contributed by atoms with Gasteiger partial charge in [-0.3, -0.25) is 0 Å². The minimum absolute atomic E-state index is 0.0320. The molecule has 0 radical (unpaired) electrons. The van der Waals surface area contributed by atoms with Crippen LogP contribution >= 0.6 is 0 Å². The third kappa shape index (κ3) is 3.28. The molecule has 20 heavy (non-hydrogen) atoms. The molecule has 0 aliphatic carbocycles. The molecule has 2 aromatic rings. The number of hydrogen-bond acceptors (Lipinski definition) is 5. The second kappa shape index (κ2) is 5.93. The van der Waals surface area contributed by atoms with E-state index in [4.69, 9.17) is 10.5 Å². The summed E-state index contributed by atoms with van der Waals surface area (Å²) in [5, 5.41) is 0. The van der Waals surface area contributed by atoms with Crippen molar-refractivity contribution in [3.63, 3.8) is 0 Å². The fourth-order valence-corrected chi connectivity index (χ4v) is 2.96. The first-order valence-electron chi connectivity index (χ1n) is 5.93. The Hall–Kier alpha value is -2.06. The SMILES string of the molecule is COc1ccc(N)cc1S(=O)(=O)NCCc1cnc[nH]1. The number of ether oxygens (including phenoxy) is 1. The van der Waals surface area contributed by atoms with Gasteiger partial charge >= 0.3 is 0 Å². The first kappa shape index (κ1) is 14.4. The van der Waals surface area contributed by atoms with Gasteiger partial charge in [0.2, 0.25) is 10.0 Å². The molecule has 0 aliphatic rings. The molecular weight excluding hydrogens is 280 g/mol. The molecule has 0 saturated heterocycles. The number of benzene rings is 1. The molecule has 1 aromatic heterocycles. The minimum Gasteiger partial charge on any atom is -0.495 e. The molecule has 0 amide bonds. The molecule has 8 heteroatoms. The molecular formula is C12H16N4O3S. The van der Waals surface area contributed by atoms with Crippen LogP contribution in [0.4, 0.5) is 5.69 Å². The molecule has 1 heterocycles. The number of aromatic amines is 1. The van der Waals surface area contributed by atoms with Crippen LogP contribution < -0.4 is 15.2 Å². The maximum atomic E-state index is 12.2. The fraction of sp³-hybridized carbons (Fsp3) is 0.250. The van der Waals surface area contributed by atoms with E-state index >= 15 is 0 Å². The summed E-state index contributed by atoms with van der Waals surface area (Å²) < 4.78 is 32.0. The molecule has 7 nitrogen and oxygen atoms in total. The van der Waals surface area contributed by atoms with Gasteiger partial charge in [-0.25, -0.2) is 18.1 Å². The number of nitrogens with one attached hydrogen (secondary N) is 2. The summed E-state index contributed by atoms with van der Waals surface area (Å²) in [6.45, 7) is 0.252. The van der Waals surface area contributed by atoms with Crippen molar-refractivity contribution in [3.05, 3.63) is 36.4 Å². The van der Waals surface area contributed by atoms with E-state index in [9.17, 15) is 8.42 Å². The average Bonchev–Trinajstić information content (AvgIpc) is 2.91. The number of anilines is 1. The van der Waals surface area contributed by atoms with E-state index in [1.807, 2.05) is 0 Å². The van der Waals surface area contributed by atoms with Crippen molar-refractivity contribution in [2.24, 2.45) is 0 Å². The van der Waals surface area contributed by atoms with Gasteiger partial charge < -0.3 is 15.5 Å². The van der Waals surface area contributed by atoms with Gasteiger partial charge in [0.1, 0.15) is 10.6 Å². The zero-order valence-corrected chi connectivity index (χ0v) is 11.8. The molecule has 0 fully saturated rings. The van der Waals surface area contributed by atoms with E-state index in [2.05, 4.69) is 14.7 Å². The normalized spacial score (nSPS) is 11.4. The zero-order chi connectivity index (χ0) is 14.6. The first-order valence-corrected chi connectivity index (χ1v) is 7.41. The third-order valence-electron chi connectivity index (χ3n) is 2.72. The highest BCUT2D eigenvalue weighted by molar-refractivity contribution is 7.89. The maximum Gasteiger partial charge on any atom is 0.244 e. The first-order chi connectivity index (χ1) is 9.53. The van der Waals surface area contributed by atoms with Crippen molar-refractivity contribution in [1.29, 1.82) is 0 Å². The Morgan fingerprint density at radius 3 is 2.90 bits per heavy atom. The summed E-state index contributed by atoms with van der Waals surface area (Å²) in [7, 11) is -2.26. The van der Waals surface area contributed by atoms with Crippen LogP contribution in [0.3, 0.4) is 0 Å². The van der Waals surface area contributed by atoms with Gasteiger partial charge in [-0.05, 0) is 18.2 Å². The van der Waals surface area contributed by atoms with E-state index < -0.39 is 10.0 Å². The Morgan fingerprint density at radius 2 is 2.25 bits per heavy atom. The van der Waals surface area contributed by atoms with Crippen molar-refractivity contribution < 1.29 is 13.2 Å². The Kier molecular flexibility index (Phi) is 4.26. The van der Waals surface area contributed by atoms with Gasteiger partial charge in [0.15, 0.2) is 0 Å². The zero-order valence-electron chi connectivity index (χ0n) is 11.0. The topological polar surface area (TPSA) is 110 Å². The summed E-state index contributed by atoms with van der Waals surface area (Å²) in [5.74, 6) is 0.258. The van der Waals surface area contributed by atoms with Gasteiger partial charge in [0, 0.05) is 30.5 Å². The lowest BCUT2D eigenvalue weighted by Gasteiger charge is -2.11. The number of imidazole rings is 1. The van der Waals surface area contributed by atoms with Crippen LogP contribution in [0.5, 0.6) is 5.75 Å². The Morgan fingerprint density at radius 1 is 1.45 bits per heavy atom. The molecule has 1 aromatic carbocycles. The monoisotopic (exact) mass is 296 g/mol. The van der Waals surface area contributed by atoms with Crippen LogP contribution in [0.25, 0.3) is 0 Å². The molecule has 0 spiro atoms. The molecule has 0 aliphatic heterocycles. The molecule has 0 saturated carbocycles. The lowest BCUT2D eigenvalue weighted by molar-refractivity contribution is 0.402. The number of H-pyrrole nitrogens is 1. The van der Waals surface area contributed by atoms with Crippen molar-refractivity contribution in [1.82, 2.24) is 14.7 Å². The Bertz CT molecular complexity index is 668. The molecule has 4 N–H and O–H groups in total. The maximum absolute atomic E-state index is 12.2. The van der Waals surface area contributed by atoms with Gasteiger partial charge in [-0.2, -0.15) is 0 Å². The van der Waals surface area contributed by atoms with Crippen LogP contribution in [-0.2, 0) is 16.4 Å². The van der Waals surface area contributed by atoms with E-state index in [0.717, 1.165) is 5.69 Å².